The van der Waals surface area contributed by atoms with Gasteiger partial charge in [-0.25, -0.2) is 13.2 Å². The van der Waals surface area contributed by atoms with E-state index in [-0.39, 0.29) is 28.1 Å². The summed E-state index contributed by atoms with van der Waals surface area (Å²) in [6.45, 7) is 3.50. The number of benzene rings is 1. The van der Waals surface area contributed by atoms with Gasteiger partial charge in [-0.2, -0.15) is 0 Å². The zero-order valence-electron chi connectivity index (χ0n) is 16.3. The van der Waals surface area contributed by atoms with E-state index in [1.807, 2.05) is 0 Å². The van der Waals surface area contributed by atoms with E-state index >= 15 is 0 Å². The van der Waals surface area contributed by atoms with Crippen LogP contribution in [0.15, 0.2) is 21.8 Å². The molecule has 1 fully saturated rings. The smallest absolute Gasteiger partial charge is 0.325 e. The minimum atomic E-state index is -3.62. The van der Waals surface area contributed by atoms with Crippen LogP contribution >= 0.6 is 0 Å². The van der Waals surface area contributed by atoms with Gasteiger partial charge in [-0.05, 0) is 25.0 Å². The van der Waals surface area contributed by atoms with Gasteiger partial charge in [0, 0.05) is 20.0 Å². The molecule has 1 N–H and O–H groups in total. The summed E-state index contributed by atoms with van der Waals surface area (Å²) < 4.78 is 29.6. The van der Waals surface area contributed by atoms with Crippen molar-refractivity contribution in [1.29, 1.82) is 0 Å². The van der Waals surface area contributed by atoms with Gasteiger partial charge < -0.3 is 5.32 Å². The first-order chi connectivity index (χ1) is 12.6. The third kappa shape index (κ3) is 3.42. The molecule has 3 rings (SSSR count). The second kappa shape index (κ2) is 7.14. The van der Waals surface area contributed by atoms with E-state index in [0.717, 1.165) is 19.3 Å². The van der Waals surface area contributed by atoms with Gasteiger partial charge >= 0.3 is 5.69 Å². The van der Waals surface area contributed by atoms with Crippen LogP contribution in [0.1, 0.15) is 46.0 Å². The fourth-order valence-electron chi connectivity index (χ4n) is 3.69. The molecule has 0 saturated heterocycles. The molecule has 1 heterocycles. The lowest BCUT2D eigenvalue weighted by atomic mass is 10.0. The van der Waals surface area contributed by atoms with Crippen LogP contribution in [0.4, 0.5) is 5.69 Å². The van der Waals surface area contributed by atoms with Crippen molar-refractivity contribution in [3.8, 4) is 0 Å². The topological polar surface area (TPSA) is 90.2 Å². The van der Waals surface area contributed by atoms with Crippen LogP contribution < -0.4 is 11.0 Å². The number of amides is 1. The highest BCUT2D eigenvalue weighted by Crippen LogP contribution is 2.34. The van der Waals surface area contributed by atoms with Crippen molar-refractivity contribution in [2.75, 3.05) is 5.32 Å². The molecule has 0 atom stereocenters. The Hall–Kier alpha value is -2.09. The van der Waals surface area contributed by atoms with E-state index in [0.29, 0.717) is 23.9 Å². The van der Waals surface area contributed by atoms with Crippen LogP contribution in [-0.4, -0.2) is 28.7 Å². The number of fused-ring (bicyclic) bond motifs is 1. The molecule has 0 bridgehead atoms. The number of anilines is 1. The quantitative estimate of drug-likeness (QED) is 0.864. The Balaban J connectivity index is 2.23. The molecule has 27 heavy (non-hydrogen) atoms. The van der Waals surface area contributed by atoms with Crippen molar-refractivity contribution in [3.05, 3.63) is 22.6 Å². The van der Waals surface area contributed by atoms with Crippen molar-refractivity contribution < 1.29 is 13.2 Å². The van der Waals surface area contributed by atoms with Gasteiger partial charge in [-0.15, -0.1) is 0 Å². The van der Waals surface area contributed by atoms with E-state index in [4.69, 9.17) is 0 Å². The average molecular weight is 394 g/mol. The first-order valence-corrected chi connectivity index (χ1v) is 10.9. The molecular formula is C19H27N3O4S. The molecule has 1 aliphatic rings. The number of aromatic nitrogens is 2. The zero-order chi connectivity index (χ0) is 19.9. The number of rotatable bonds is 4. The first-order valence-electron chi connectivity index (χ1n) is 9.38. The third-order valence-corrected chi connectivity index (χ3v) is 7.75. The molecule has 1 saturated carbocycles. The van der Waals surface area contributed by atoms with Crippen LogP contribution in [0.5, 0.6) is 0 Å². The Morgan fingerprint density at radius 1 is 1.07 bits per heavy atom. The molecule has 0 unspecified atom stereocenters. The molecule has 0 spiro atoms. The number of imidazole rings is 1. The molecular weight excluding hydrogens is 366 g/mol. The minimum absolute atomic E-state index is 0.108. The second-order valence-corrected chi connectivity index (χ2v) is 9.88. The highest BCUT2D eigenvalue weighted by molar-refractivity contribution is 7.92. The van der Waals surface area contributed by atoms with Crippen LogP contribution in [0.3, 0.4) is 0 Å². The fourth-order valence-corrected chi connectivity index (χ4v) is 5.70. The lowest BCUT2D eigenvalue weighted by molar-refractivity contribution is -0.118. The third-order valence-electron chi connectivity index (χ3n) is 5.45. The highest BCUT2D eigenvalue weighted by atomic mass is 32.2. The number of aryl methyl sites for hydroxylation is 2. The van der Waals surface area contributed by atoms with Crippen molar-refractivity contribution in [2.24, 2.45) is 20.0 Å². The highest BCUT2D eigenvalue weighted by Gasteiger charge is 2.32. The number of sulfone groups is 1. The van der Waals surface area contributed by atoms with E-state index in [9.17, 15) is 18.0 Å². The molecule has 1 aromatic heterocycles. The molecule has 0 aliphatic heterocycles. The average Bonchev–Trinajstić information content (AvgIpc) is 2.85. The lowest BCUT2D eigenvalue weighted by Gasteiger charge is -2.23. The Bertz CT molecular complexity index is 1040. The summed E-state index contributed by atoms with van der Waals surface area (Å²) in [6, 6.07) is 3.14. The Labute approximate surface area is 159 Å². The predicted molar refractivity (Wildman–Crippen MR) is 106 cm³/mol. The summed E-state index contributed by atoms with van der Waals surface area (Å²) in [4.78, 5) is 24.7. The summed E-state index contributed by atoms with van der Waals surface area (Å²) in [5, 5.41) is 2.32. The molecule has 2 aromatic rings. The molecule has 0 radical (unpaired) electrons. The monoisotopic (exact) mass is 393 g/mol. The fraction of sp³-hybridized carbons (Fsp3) is 0.579. The molecule has 8 heteroatoms. The summed E-state index contributed by atoms with van der Waals surface area (Å²) >= 11 is 0. The molecule has 1 aliphatic carbocycles. The normalized spacial score (nSPS) is 16.2. The van der Waals surface area contributed by atoms with Gasteiger partial charge in [0.2, 0.25) is 5.91 Å². The molecule has 1 aromatic carbocycles. The Morgan fingerprint density at radius 3 is 2.19 bits per heavy atom. The largest absolute Gasteiger partial charge is 0.328 e. The van der Waals surface area contributed by atoms with Gasteiger partial charge in [-0.3, -0.25) is 13.9 Å². The molecule has 148 valence electrons. The number of hydrogen-bond donors (Lipinski definition) is 1. The minimum Gasteiger partial charge on any atom is -0.325 e. The number of carbonyl (C=O) groups excluding carboxylic acids is 1. The van der Waals surface area contributed by atoms with Gasteiger partial charge in [0.15, 0.2) is 9.84 Å². The van der Waals surface area contributed by atoms with Crippen LogP contribution in [0.25, 0.3) is 11.0 Å². The summed E-state index contributed by atoms with van der Waals surface area (Å²) in [6.07, 6.45) is 4.10. The zero-order valence-corrected chi connectivity index (χ0v) is 17.1. The van der Waals surface area contributed by atoms with Crippen molar-refractivity contribution in [1.82, 2.24) is 9.13 Å². The maximum absolute atomic E-state index is 13.4. The maximum Gasteiger partial charge on any atom is 0.328 e. The number of nitrogens with one attached hydrogen (secondary N) is 1. The summed E-state index contributed by atoms with van der Waals surface area (Å²) in [5.74, 6) is -0.541. The lowest BCUT2D eigenvalue weighted by Crippen LogP contribution is -2.26. The Morgan fingerprint density at radius 2 is 1.63 bits per heavy atom. The number of nitrogens with zero attached hydrogens (tertiary/aromatic N) is 2. The van der Waals surface area contributed by atoms with Crippen LogP contribution in [-0.2, 0) is 28.7 Å². The summed E-state index contributed by atoms with van der Waals surface area (Å²) in [7, 11) is -0.363. The van der Waals surface area contributed by atoms with Crippen molar-refractivity contribution in [2.45, 2.75) is 56.1 Å². The van der Waals surface area contributed by atoms with E-state index in [2.05, 4.69) is 5.32 Å². The summed E-state index contributed by atoms with van der Waals surface area (Å²) in [5.41, 5.74) is 1.15. The van der Waals surface area contributed by atoms with E-state index in [1.54, 1.807) is 34.0 Å². The maximum atomic E-state index is 13.4. The van der Waals surface area contributed by atoms with E-state index in [1.165, 1.54) is 15.2 Å². The number of hydrogen-bond acceptors (Lipinski definition) is 4. The number of carbonyl (C=O) groups is 1. The first kappa shape index (κ1) is 19.7. The van der Waals surface area contributed by atoms with Gasteiger partial charge in [0.05, 0.1) is 26.9 Å². The predicted octanol–water partition coefficient (Wildman–Crippen LogP) is 2.58. The standard InChI is InChI=1S/C19H27N3O4S/c1-12(2)18(23)20-14-10-15-16(22(4)19(24)21(15)3)11-17(14)27(25,26)13-8-6-5-7-9-13/h10-13H,5-9H2,1-4H3,(H,20,23). The van der Waals surface area contributed by atoms with Gasteiger partial charge in [-0.1, -0.05) is 33.1 Å². The Kier molecular flexibility index (Phi) is 5.20. The van der Waals surface area contributed by atoms with Crippen molar-refractivity contribution in [3.63, 3.8) is 0 Å². The SMILES string of the molecule is CC(C)C(=O)Nc1cc2c(cc1S(=O)(=O)C1CCCCC1)n(C)c(=O)n2C. The van der Waals surface area contributed by atoms with Crippen molar-refractivity contribution >= 4 is 32.5 Å². The van der Waals surface area contributed by atoms with Crippen LogP contribution in [0, 0.1) is 5.92 Å². The van der Waals surface area contributed by atoms with Gasteiger partial charge in [0.1, 0.15) is 0 Å². The van der Waals surface area contributed by atoms with Crippen LogP contribution in [0.2, 0.25) is 0 Å². The second-order valence-electron chi connectivity index (χ2n) is 7.69. The molecule has 1 amide bonds. The molecule has 7 nitrogen and oxygen atoms in total. The van der Waals surface area contributed by atoms with E-state index < -0.39 is 15.1 Å². The van der Waals surface area contributed by atoms with Gasteiger partial charge in [0.25, 0.3) is 0 Å².